The number of nitro groups is 1. The van der Waals surface area contributed by atoms with Crippen molar-refractivity contribution in [1.82, 2.24) is 15.2 Å². The van der Waals surface area contributed by atoms with Crippen molar-refractivity contribution in [1.29, 1.82) is 0 Å². The SMILES string of the molecule is Cc1cc([N+](=O)[O-])c2nc1O[C@H](C)CCC=CC(F)(F)C(OCc1ccccc1)c1nnc-2o1. The van der Waals surface area contributed by atoms with Gasteiger partial charge in [-0.25, -0.2) is 4.98 Å². The van der Waals surface area contributed by atoms with E-state index in [2.05, 4.69) is 15.2 Å². The van der Waals surface area contributed by atoms with Crippen LogP contribution in [0.15, 0.2) is 53.0 Å². The fourth-order valence-electron chi connectivity index (χ4n) is 3.44. The van der Waals surface area contributed by atoms with Gasteiger partial charge < -0.3 is 13.9 Å². The molecule has 178 valence electrons. The molecule has 9 nitrogen and oxygen atoms in total. The third-order valence-corrected chi connectivity index (χ3v) is 5.21. The van der Waals surface area contributed by atoms with Gasteiger partial charge in [0.15, 0.2) is 0 Å². The first kappa shape index (κ1) is 23.4. The summed E-state index contributed by atoms with van der Waals surface area (Å²) in [4.78, 5) is 15.2. The number of hydrogen-bond acceptors (Lipinski definition) is 8. The molecule has 1 aromatic carbocycles. The Morgan fingerprint density at radius 1 is 1.26 bits per heavy atom. The van der Waals surface area contributed by atoms with E-state index in [1.165, 1.54) is 12.1 Å². The molecule has 3 aromatic rings. The Labute approximate surface area is 193 Å². The standard InChI is InChI=1S/C23H22F2N4O5/c1-14-12-17(29(30)31)18-21-27-28-22(34-21)19(32-13-16-9-4-3-5-10-16)23(24,25)11-7-6-8-15(2)33-20(14)26-18/h3-5,7,9-12,15,19H,6,8,13H2,1-2H3/t15-,19?/m1/s1. The van der Waals surface area contributed by atoms with E-state index in [0.29, 0.717) is 24.0 Å². The Hall–Kier alpha value is -3.73. The molecule has 1 aliphatic heterocycles. The minimum atomic E-state index is -3.50. The van der Waals surface area contributed by atoms with Crippen molar-refractivity contribution in [2.45, 2.75) is 51.4 Å². The number of hydrogen-bond donors (Lipinski definition) is 0. The molecule has 1 aliphatic rings. The van der Waals surface area contributed by atoms with Crippen LogP contribution in [0, 0.1) is 17.0 Å². The Bertz CT molecular complexity index is 1200. The average Bonchev–Trinajstić information content (AvgIpc) is 3.27. The molecule has 3 heterocycles. The van der Waals surface area contributed by atoms with Crippen LogP contribution in [0.1, 0.15) is 42.9 Å². The molecule has 0 aliphatic carbocycles. The summed E-state index contributed by atoms with van der Waals surface area (Å²) in [5.74, 6) is -4.24. The van der Waals surface area contributed by atoms with Gasteiger partial charge >= 0.3 is 11.6 Å². The van der Waals surface area contributed by atoms with E-state index < -0.39 is 28.5 Å². The maximum absolute atomic E-state index is 15.2. The highest BCUT2D eigenvalue weighted by atomic mass is 19.3. The molecule has 11 heteroatoms. The number of halogens is 2. The molecule has 0 saturated carbocycles. The summed E-state index contributed by atoms with van der Waals surface area (Å²) >= 11 is 0. The molecule has 0 fully saturated rings. The molecule has 2 aromatic heterocycles. The molecule has 0 amide bonds. The van der Waals surface area contributed by atoms with Gasteiger partial charge in [0.05, 0.1) is 17.6 Å². The quantitative estimate of drug-likeness (QED) is 0.283. The van der Waals surface area contributed by atoms with Crippen LogP contribution in [-0.2, 0) is 11.3 Å². The Kier molecular flexibility index (Phi) is 6.64. The van der Waals surface area contributed by atoms with Crippen LogP contribution in [0.2, 0.25) is 0 Å². The van der Waals surface area contributed by atoms with Gasteiger partial charge in [-0.3, -0.25) is 10.1 Å². The molecule has 0 N–H and O–H groups in total. The maximum atomic E-state index is 15.2. The van der Waals surface area contributed by atoms with E-state index in [4.69, 9.17) is 13.9 Å². The van der Waals surface area contributed by atoms with Gasteiger partial charge in [0.2, 0.25) is 17.7 Å². The number of nitrogens with zero attached hydrogens (tertiary/aromatic N) is 4. The fourth-order valence-corrected chi connectivity index (χ4v) is 3.44. The van der Waals surface area contributed by atoms with Gasteiger partial charge in [0.25, 0.3) is 11.8 Å². The number of alkyl halides is 2. The summed E-state index contributed by atoms with van der Waals surface area (Å²) < 4.78 is 47.2. The molecule has 2 atom stereocenters. The third-order valence-electron chi connectivity index (χ3n) is 5.21. The number of ether oxygens (including phenoxy) is 2. The van der Waals surface area contributed by atoms with Crippen LogP contribution in [0.4, 0.5) is 14.5 Å². The van der Waals surface area contributed by atoms with Gasteiger partial charge in [-0.2, -0.15) is 8.78 Å². The highest BCUT2D eigenvalue weighted by Crippen LogP contribution is 2.39. The third kappa shape index (κ3) is 5.09. The average molecular weight is 472 g/mol. The van der Waals surface area contributed by atoms with E-state index in [0.717, 1.165) is 6.08 Å². The topological polar surface area (TPSA) is 113 Å². The second kappa shape index (κ2) is 9.64. The van der Waals surface area contributed by atoms with E-state index in [9.17, 15) is 10.1 Å². The van der Waals surface area contributed by atoms with Gasteiger partial charge in [-0.05, 0) is 38.3 Å². The van der Waals surface area contributed by atoms with E-state index >= 15 is 8.78 Å². The Morgan fingerprint density at radius 2 is 2.03 bits per heavy atom. The zero-order valence-corrected chi connectivity index (χ0v) is 18.5. The zero-order chi connectivity index (χ0) is 24.3. The highest BCUT2D eigenvalue weighted by Gasteiger charge is 2.43. The van der Waals surface area contributed by atoms with Crippen molar-refractivity contribution in [3.8, 4) is 17.5 Å². The normalized spacial score (nSPS) is 19.8. The van der Waals surface area contributed by atoms with Crippen molar-refractivity contribution in [3.63, 3.8) is 0 Å². The number of rotatable bonds is 4. The van der Waals surface area contributed by atoms with Crippen molar-refractivity contribution >= 4 is 5.69 Å². The largest absolute Gasteiger partial charge is 0.474 e. The first-order chi connectivity index (χ1) is 16.2. The van der Waals surface area contributed by atoms with E-state index in [1.807, 2.05) is 0 Å². The maximum Gasteiger partial charge on any atom is 0.301 e. The molecule has 0 saturated heterocycles. The Morgan fingerprint density at radius 3 is 2.76 bits per heavy atom. The first-order valence-electron chi connectivity index (χ1n) is 10.6. The zero-order valence-electron chi connectivity index (χ0n) is 18.5. The summed E-state index contributed by atoms with van der Waals surface area (Å²) in [5.41, 5.74) is 0.440. The number of allylic oxidation sites excluding steroid dienone is 1. The molecule has 34 heavy (non-hydrogen) atoms. The summed E-state index contributed by atoms with van der Waals surface area (Å²) in [6.07, 6.45) is 0.528. The van der Waals surface area contributed by atoms with Crippen molar-refractivity contribution in [2.24, 2.45) is 0 Å². The number of fused-ring (bicyclic) bond motifs is 5. The molecular weight excluding hydrogens is 450 g/mol. The lowest BCUT2D eigenvalue weighted by atomic mass is 10.1. The van der Waals surface area contributed by atoms with Gasteiger partial charge in [0.1, 0.15) is 0 Å². The van der Waals surface area contributed by atoms with Gasteiger partial charge in [0, 0.05) is 11.6 Å². The minimum Gasteiger partial charge on any atom is -0.474 e. The molecule has 4 rings (SSSR count). The second-order valence-electron chi connectivity index (χ2n) is 7.94. The summed E-state index contributed by atoms with van der Waals surface area (Å²) in [7, 11) is 0. The minimum absolute atomic E-state index is 0.134. The lowest BCUT2D eigenvalue weighted by Crippen LogP contribution is -2.27. The van der Waals surface area contributed by atoms with Crippen molar-refractivity contribution in [2.75, 3.05) is 0 Å². The van der Waals surface area contributed by atoms with Crippen LogP contribution in [0.25, 0.3) is 11.6 Å². The van der Waals surface area contributed by atoms with Crippen LogP contribution in [-0.4, -0.2) is 32.1 Å². The Balaban J connectivity index is 1.79. The number of aryl methyl sites for hydroxylation is 1. The van der Waals surface area contributed by atoms with Crippen LogP contribution < -0.4 is 4.74 Å². The van der Waals surface area contributed by atoms with Crippen LogP contribution >= 0.6 is 0 Å². The summed E-state index contributed by atoms with van der Waals surface area (Å²) in [6.45, 7) is 3.25. The summed E-state index contributed by atoms with van der Waals surface area (Å²) in [6, 6.07) is 10.1. The monoisotopic (exact) mass is 472 g/mol. The molecule has 1 unspecified atom stereocenters. The molecular formula is C23H22F2N4O5. The van der Waals surface area contributed by atoms with Gasteiger partial charge in [-0.15, -0.1) is 10.2 Å². The highest BCUT2D eigenvalue weighted by molar-refractivity contribution is 5.64. The summed E-state index contributed by atoms with van der Waals surface area (Å²) in [5, 5.41) is 19.1. The molecule has 4 bridgehead atoms. The number of pyridine rings is 1. The smallest absolute Gasteiger partial charge is 0.301 e. The first-order valence-corrected chi connectivity index (χ1v) is 10.6. The fraction of sp³-hybridized carbons (Fsp3) is 0.348. The lowest BCUT2D eigenvalue weighted by molar-refractivity contribution is -0.384. The molecule has 0 radical (unpaired) electrons. The van der Waals surface area contributed by atoms with E-state index in [1.54, 1.807) is 44.2 Å². The van der Waals surface area contributed by atoms with Crippen molar-refractivity contribution in [3.05, 3.63) is 75.7 Å². The van der Waals surface area contributed by atoms with E-state index in [-0.39, 0.29) is 30.2 Å². The number of benzene rings is 1. The molecule has 0 spiro atoms. The van der Waals surface area contributed by atoms with Crippen LogP contribution in [0.5, 0.6) is 5.88 Å². The van der Waals surface area contributed by atoms with Crippen molar-refractivity contribution < 1.29 is 27.6 Å². The van der Waals surface area contributed by atoms with Gasteiger partial charge in [-0.1, -0.05) is 36.4 Å². The predicted octanol–water partition coefficient (Wildman–Crippen LogP) is 5.36. The number of aromatic nitrogens is 3. The second-order valence-corrected chi connectivity index (χ2v) is 7.94. The lowest BCUT2D eigenvalue weighted by Gasteiger charge is -2.22. The predicted molar refractivity (Wildman–Crippen MR) is 116 cm³/mol. The van der Waals surface area contributed by atoms with Crippen LogP contribution in [0.3, 0.4) is 0 Å².